The number of benzene rings is 2. The molecule has 2 rings (SSSR count). The fraction of sp³-hybridized carbons (Fsp3) is 0.125. The first kappa shape index (κ1) is 17.8. The van der Waals surface area contributed by atoms with Gasteiger partial charge in [-0.15, -0.1) is 0 Å². The van der Waals surface area contributed by atoms with Crippen molar-refractivity contribution >= 4 is 29.2 Å². The van der Waals surface area contributed by atoms with Crippen molar-refractivity contribution in [3.05, 3.63) is 64.4 Å². The topological polar surface area (TPSA) is 55.4 Å². The lowest BCUT2D eigenvalue weighted by Crippen LogP contribution is -2.30. The molecule has 0 aromatic heterocycles. The molecule has 0 fully saturated rings. The number of halogens is 4. The highest BCUT2D eigenvalue weighted by Crippen LogP contribution is 2.22. The predicted octanol–water partition coefficient (Wildman–Crippen LogP) is 3.94. The van der Waals surface area contributed by atoms with Crippen molar-refractivity contribution in [3.63, 3.8) is 0 Å². The molecule has 0 bridgehead atoms. The Morgan fingerprint density at radius 3 is 2.33 bits per heavy atom. The molecule has 1 amide bonds. The zero-order chi connectivity index (χ0) is 17.9. The largest absolute Gasteiger partial charge is 0.449 e. The van der Waals surface area contributed by atoms with E-state index < -0.39 is 41.0 Å². The van der Waals surface area contributed by atoms with Crippen LogP contribution in [-0.2, 0) is 9.53 Å². The van der Waals surface area contributed by atoms with Gasteiger partial charge in [0.1, 0.15) is 17.5 Å². The lowest BCUT2D eigenvalue weighted by molar-refractivity contribution is -0.123. The van der Waals surface area contributed by atoms with E-state index in [-0.39, 0.29) is 10.7 Å². The van der Waals surface area contributed by atoms with E-state index in [2.05, 4.69) is 5.32 Å². The number of hydrogen-bond acceptors (Lipinski definition) is 3. The molecule has 2 aromatic rings. The molecule has 0 radical (unpaired) electrons. The fourth-order valence-corrected chi connectivity index (χ4v) is 1.97. The molecule has 24 heavy (non-hydrogen) atoms. The van der Waals surface area contributed by atoms with Crippen LogP contribution in [0, 0.1) is 17.5 Å². The van der Waals surface area contributed by atoms with Crippen molar-refractivity contribution in [1.82, 2.24) is 0 Å². The number of amides is 1. The van der Waals surface area contributed by atoms with Gasteiger partial charge in [-0.05, 0) is 37.3 Å². The van der Waals surface area contributed by atoms with E-state index in [1.807, 2.05) is 0 Å². The van der Waals surface area contributed by atoms with Gasteiger partial charge in [0.15, 0.2) is 6.10 Å². The Kier molecular flexibility index (Phi) is 5.46. The van der Waals surface area contributed by atoms with Gasteiger partial charge in [-0.2, -0.15) is 0 Å². The molecule has 2 aromatic carbocycles. The maximum Gasteiger partial charge on any atom is 0.341 e. The van der Waals surface area contributed by atoms with Gasteiger partial charge in [0, 0.05) is 6.07 Å². The summed E-state index contributed by atoms with van der Waals surface area (Å²) in [5.74, 6) is -4.40. The fourth-order valence-electron chi connectivity index (χ4n) is 1.76. The first-order valence-electron chi connectivity index (χ1n) is 6.70. The second-order valence-electron chi connectivity index (χ2n) is 4.79. The van der Waals surface area contributed by atoms with Crippen LogP contribution in [-0.4, -0.2) is 18.0 Å². The summed E-state index contributed by atoms with van der Waals surface area (Å²) in [6.07, 6.45) is -1.29. The smallest absolute Gasteiger partial charge is 0.341 e. The SMILES string of the molecule is C[C@@H](OC(=O)c1ccc(F)cc1F)C(=O)Nc1ccc(F)cc1Cl. The molecule has 0 aliphatic carbocycles. The zero-order valence-corrected chi connectivity index (χ0v) is 13.0. The summed E-state index contributed by atoms with van der Waals surface area (Å²) in [6, 6.07) is 5.66. The molecule has 0 saturated heterocycles. The van der Waals surface area contributed by atoms with E-state index in [1.54, 1.807) is 0 Å². The minimum atomic E-state index is -1.29. The first-order valence-corrected chi connectivity index (χ1v) is 7.07. The van der Waals surface area contributed by atoms with E-state index in [9.17, 15) is 22.8 Å². The second kappa shape index (κ2) is 7.35. The van der Waals surface area contributed by atoms with Crippen LogP contribution < -0.4 is 5.32 Å². The van der Waals surface area contributed by atoms with Crippen LogP contribution in [0.4, 0.5) is 18.9 Å². The molecule has 0 spiro atoms. The van der Waals surface area contributed by atoms with Gasteiger partial charge >= 0.3 is 5.97 Å². The van der Waals surface area contributed by atoms with Crippen LogP contribution in [0.1, 0.15) is 17.3 Å². The van der Waals surface area contributed by atoms with Crippen LogP contribution in [0.15, 0.2) is 36.4 Å². The monoisotopic (exact) mass is 357 g/mol. The van der Waals surface area contributed by atoms with Crippen molar-refractivity contribution in [2.45, 2.75) is 13.0 Å². The van der Waals surface area contributed by atoms with Crippen molar-refractivity contribution in [1.29, 1.82) is 0 Å². The Bertz CT molecular complexity index is 798. The summed E-state index contributed by atoms with van der Waals surface area (Å²) in [5, 5.41) is 2.31. The standard InChI is InChI=1S/C16H11ClF3NO3/c1-8(15(22)21-14-5-3-9(18)6-12(14)17)24-16(23)11-4-2-10(19)7-13(11)20/h2-8H,1H3,(H,21,22)/t8-/m1/s1. The highest BCUT2D eigenvalue weighted by molar-refractivity contribution is 6.33. The average molecular weight is 358 g/mol. The summed E-state index contributed by atoms with van der Waals surface area (Å²) in [4.78, 5) is 23.8. The third-order valence-corrected chi connectivity index (χ3v) is 3.31. The van der Waals surface area contributed by atoms with Crippen molar-refractivity contribution in [2.75, 3.05) is 5.32 Å². The van der Waals surface area contributed by atoms with Crippen LogP contribution in [0.5, 0.6) is 0 Å². The number of rotatable bonds is 4. The van der Waals surface area contributed by atoms with Crippen LogP contribution in [0.2, 0.25) is 5.02 Å². The Morgan fingerprint density at radius 1 is 1.08 bits per heavy atom. The highest BCUT2D eigenvalue weighted by atomic mass is 35.5. The van der Waals surface area contributed by atoms with Crippen LogP contribution >= 0.6 is 11.6 Å². The average Bonchev–Trinajstić information content (AvgIpc) is 2.49. The van der Waals surface area contributed by atoms with Gasteiger partial charge in [-0.25, -0.2) is 18.0 Å². The van der Waals surface area contributed by atoms with E-state index in [0.29, 0.717) is 6.07 Å². The Morgan fingerprint density at radius 2 is 1.71 bits per heavy atom. The van der Waals surface area contributed by atoms with Crippen molar-refractivity contribution < 1.29 is 27.5 Å². The lowest BCUT2D eigenvalue weighted by Gasteiger charge is -2.14. The number of esters is 1. The van der Waals surface area contributed by atoms with Gasteiger partial charge in [0.25, 0.3) is 5.91 Å². The molecule has 8 heteroatoms. The summed E-state index contributed by atoms with van der Waals surface area (Å²) in [5.41, 5.74) is -0.380. The van der Waals surface area contributed by atoms with Crippen molar-refractivity contribution in [3.8, 4) is 0 Å². The molecule has 126 valence electrons. The van der Waals surface area contributed by atoms with Crippen molar-refractivity contribution in [2.24, 2.45) is 0 Å². The molecule has 0 aliphatic rings. The zero-order valence-electron chi connectivity index (χ0n) is 12.3. The minimum Gasteiger partial charge on any atom is -0.449 e. The number of ether oxygens (including phenoxy) is 1. The molecular weight excluding hydrogens is 347 g/mol. The summed E-state index contributed by atoms with van der Waals surface area (Å²) in [7, 11) is 0. The van der Waals surface area contributed by atoms with E-state index >= 15 is 0 Å². The maximum atomic E-state index is 13.5. The quantitative estimate of drug-likeness (QED) is 0.843. The van der Waals surface area contributed by atoms with Crippen LogP contribution in [0.3, 0.4) is 0 Å². The van der Waals surface area contributed by atoms with Crippen LogP contribution in [0.25, 0.3) is 0 Å². The first-order chi connectivity index (χ1) is 11.3. The van der Waals surface area contributed by atoms with Gasteiger partial charge in [0.2, 0.25) is 0 Å². The number of carbonyl (C=O) groups excluding carboxylic acids is 2. The molecule has 0 aliphatic heterocycles. The Labute approximate surface area is 140 Å². The number of nitrogens with one attached hydrogen (secondary N) is 1. The maximum absolute atomic E-state index is 13.5. The number of hydrogen-bond donors (Lipinski definition) is 1. The molecular formula is C16H11ClF3NO3. The summed E-state index contributed by atoms with van der Waals surface area (Å²) >= 11 is 5.77. The Balaban J connectivity index is 2.04. The minimum absolute atomic E-state index is 0.0357. The van der Waals surface area contributed by atoms with Gasteiger partial charge < -0.3 is 10.1 Å². The third-order valence-electron chi connectivity index (χ3n) is 2.99. The van der Waals surface area contributed by atoms with E-state index in [4.69, 9.17) is 16.3 Å². The predicted molar refractivity (Wildman–Crippen MR) is 81.3 cm³/mol. The number of carbonyl (C=O) groups is 2. The number of anilines is 1. The molecule has 0 saturated carbocycles. The van der Waals surface area contributed by atoms with E-state index in [1.165, 1.54) is 13.0 Å². The molecule has 0 unspecified atom stereocenters. The highest BCUT2D eigenvalue weighted by Gasteiger charge is 2.22. The third kappa shape index (κ3) is 4.26. The van der Waals surface area contributed by atoms with Gasteiger partial charge in [-0.3, -0.25) is 4.79 Å². The molecule has 4 nitrogen and oxygen atoms in total. The molecule has 1 atom stereocenters. The normalized spacial score (nSPS) is 11.7. The second-order valence-corrected chi connectivity index (χ2v) is 5.19. The van der Waals surface area contributed by atoms with Gasteiger partial charge in [-0.1, -0.05) is 11.6 Å². The molecule has 0 heterocycles. The summed E-state index contributed by atoms with van der Waals surface area (Å²) in [6.45, 7) is 1.26. The van der Waals surface area contributed by atoms with Gasteiger partial charge in [0.05, 0.1) is 16.3 Å². The summed E-state index contributed by atoms with van der Waals surface area (Å²) < 4.78 is 44.1. The molecule has 1 N–H and O–H groups in total. The lowest BCUT2D eigenvalue weighted by atomic mass is 10.2. The van der Waals surface area contributed by atoms with E-state index in [0.717, 1.165) is 24.3 Å². The Hall–Kier alpha value is -2.54.